The van der Waals surface area contributed by atoms with Gasteiger partial charge in [-0.15, -0.1) is 0 Å². The van der Waals surface area contributed by atoms with Crippen molar-refractivity contribution in [1.82, 2.24) is 0 Å². The van der Waals surface area contributed by atoms with E-state index in [1.807, 2.05) is 29.3 Å². The Labute approximate surface area is 225 Å². The molecule has 3 aromatic rings. The minimum absolute atomic E-state index is 0.0318. The van der Waals surface area contributed by atoms with Gasteiger partial charge in [0.1, 0.15) is 0 Å². The Hall–Kier alpha value is -3.93. The van der Waals surface area contributed by atoms with Crippen molar-refractivity contribution in [2.45, 2.75) is 64.8 Å². The van der Waals surface area contributed by atoms with Crippen LogP contribution in [-0.2, 0) is 15.6 Å². The first-order valence-electron chi connectivity index (χ1n) is 12.8. The summed E-state index contributed by atoms with van der Waals surface area (Å²) in [6, 6.07) is 20.9. The smallest absolute Gasteiger partial charge is 0.337 e. The zero-order valence-corrected chi connectivity index (χ0v) is 23.2. The summed E-state index contributed by atoms with van der Waals surface area (Å²) in [4.78, 5) is 23.4. The van der Waals surface area contributed by atoms with Gasteiger partial charge < -0.3 is 9.84 Å². The van der Waals surface area contributed by atoms with E-state index in [1.54, 1.807) is 24.3 Å². The third-order valence-corrected chi connectivity index (χ3v) is 7.00. The first-order valence-corrected chi connectivity index (χ1v) is 12.8. The maximum Gasteiger partial charge on any atom is 0.337 e. The first-order chi connectivity index (χ1) is 17.8. The predicted molar refractivity (Wildman–Crippen MR) is 151 cm³/mol. The van der Waals surface area contributed by atoms with Crippen LogP contribution in [0.2, 0.25) is 0 Å². The quantitative estimate of drug-likeness (QED) is 0.368. The Morgan fingerprint density at radius 1 is 0.842 bits per heavy atom. The van der Waals surface area contributed by atoms with Gasteiger partial charge in [0.25, 0.3) is 0 Å². The molecule has 0 bridgehead atoms. The molecule has 1 aliphatic rings. The maximum atomic E-state index is 11.9. The molecule has 1 heterocycles. The van der Waals surface area contributed by atoms with Crippen LogP contribution in [0.25, 0.3) is 0 Å². The average molecular weight is 513 g/mol. The van der Waals surface area contributed by atoms with Crippen molar-refractivity contribution in [3.05, 3.63) is 100 Å². The van der Waals surface area contributed by atoms with Gasteiger partial charge in [-0.1, -0.05) is 71.9 Å². The lowest BCUT2D eigenvalue weighted by molar-refractivity contribution is 0.0599. The molecule has 0 saturated carbocycles. The molecule has 6 nitrogen and oxygen atoms in total. The molecule has 3 aromatic carbocycles. The number of esters is 1. The van der Waals surface area contributed by atoms with E-state index >= 15 is 0 Å². The highest BCUT2D eigenvalue weighted by atomic mass is 16.5. The molecule has 6 heteroatoms. The zero-order valence-electron chi connectivity index (χ0n) is 23.2. The summed E-state index contributed by atoms with van der Waals surface area (Å²) in [5.74, 6) is -1.34. The molecular weight excluding hydrogens is 476 g/mol. The number of methoxy groups -OCH3 is 1. The van der Waals surface area contributed by atoms with Gasteiger partial charge in [-0.2, -0.15) is 5.10 Å². The number of hydrogen-bond acceptors (Lipinski definition) is 5. The number of carbonyl (C=O) groups excluding carboxylic acids is 1. The van der Waals surface area contributed by atoms with E-state index in [1.165, 1.54) is 18.2 Å². The second-order valence-corrected chi connectivity index (χ2v) is 11.9. The maximum absolute atomic E-state index is 11.9. The van der Waals surface area contributed by atoms with Gasteiger partial charge in [0.05, 0.1) is 35.7 Å². The van der Waals surface area contributed by atoms with Crippen molar-refractivity contribution >= 4 is 23.3 Å². The van der Waals surface area contributed by atoms with Crippen LogP contribution in [0, 0.1) is 0 Å². The van der Waals surface area contributed by atoms with Crippen LogP contribution >= 0.6 is 0 Å². The molecule has 198 valence electrons. The standard InChI is InChI=1S/C32H36N2O4/c1-31(2,3)24-16-23(17-25(18-24)32(4,5)6)28-19-27(20-8-10-22(11-9-20)30(37)38-7)33-34(28)26-14-12-21(13-15-26)29(35)36/h8-18,28H,19H2,1-7H3,(H,35,36). The van der Waals surface area contributed by atoms with Gasteiger partial charge in [0, 0.05) is 6.42 Å². The number of hydrogen-bond donors (Lipinski definition) is 1. The van der Waals surface area contributed by atoms with Gasteiger partial charge >= 0.3 is 11.9 Å². The number of carboxylic acid groups (broad SMARTS) is 1. The highest BCUT2D eigenvalue weighted by Gasteiger charge is 2.32. The monoisotopic (exact) mass is 512 g/mol. The topological polar surface area (TPSA) is 79.2 Å². The predicted octanol–water partition coefficient (Wildman–Crippen LogP) is 7.12. The number of carboxylic acids is 1. The van der Waals surface area contributed by atoms with Crippen molar-refractivity contribution in [2.24, 2.45) is 5.10 Å². The van der Waals surface area contributed by atoms with E-state index in [9.17, 15) is 14.7 Å². The van der Waals surface area contributed by atoms with Crippen LogP contribution in [0.15, 0.2) is 71.8 Å². The largest absolute Gasteiger partial charge is 0.478 e. The van der Waals surface area contributed by atoms with E-state index in [0.717, 1.165) is 22.5 Å². The highest BCUT2D eigenvalue weighted by molar-refractivity contribution is 6.04. The molecule has 0 fully saturated rings. The van der Waals surface area contributed by atoms with Crippen LogP contribution in [0.5, 0.6) is 0 Å². The third-order valence-electron chi connectivity index (χ3n) is 7.00. The molecule has 0 aromatic heterocycles. The summed E-state index contributed by atoms with van der Waals surface area (Å²) in [6.07, 6.45) is 0.662. The highest BCUT2D eigenvalue weighted by Crippen LogP contribution is 2.40. The van der Waals surface area contributed by atoms with E-state index in [4.69, 9.17) is 9.84 Å². The van der Waals surface area contributed by atoms with E-state index in [-0.39, 0.29) is 28.4 Å². The van der Waals surface area contributed by atoms with Crippen LogP contribution in [0.4, 0.5) is 5.69 Å². The molecule has 4 rings (SSSR count). The van der Waals surface area contributed by atoms with Crippen molar-refractivity contribution in [1.29, 1.82) is 0 Å². The zero-order chi connectivity index (χ0) is 27.8. The number of aromatic carboxylic acids is 1. The number of benzene rings is 3. The summed E-state index contributed by atoms with van der Waals surface area (Å²) in [5.41, 5.74) is 6.98. The number of hydrazone groups is 1. The minimum atomic E-state index is -0.961. The normalized spacial score (nSPS) is 15.8. The SMILES string of the molecule is COC(=O)c1ccc(C2=NN(c3ccc(C(=O)O)cc3)C(c3cc(C(C)(C)C)cc(C(C)(C)C)c3)C2)cc1. The molecule has 1 unspecified atom stereocenters. The Morgan fingerprint density at radius 3 is 1.84 bits per heavy atom. The number of rotatable bonds is 5. The van der Waals surface area contributed by atoms with Crippen molar-refractivity contribution < 1.29 is 19.4 Å². The van der Waals surface area contributed by atoms with Crippen molar-refractivity contribution in [3.63, 3.8) is 0 Å². The molecule has 0 saturated heterocycles. The Kier molecular flexibility index (Phi) is 7.20. The summed E-state index contributed by atoms with van der Waals surface area (Å²) in [5, 5.41) is 16.4. The Bertz CT molecular complexity index is 1340. The molecular formula is C32H36N2O4. The second kappa shape index (κ2) is 10.1. The van der Waals surface area contributed by atoms with Crippen LogP contribution in [0.1, 0.15) is 97.0 Å². The van der Waals surface area contributed by atoms with Gasteiger partial charge in [-0.3, -0.25) is 5.01 Å². The van der Waals surface area contributed by atoms with E-state index < -0.39 is 5.97 Å². The number of anilines is 1. The minimum Gasteiger partial charge on any atom is -0.478 e. The molecule has 0 aliphatic carbocycles. The van der Waals surface area contributed by atoms with Crippen LogP contribution in [-0.4, -0.2) is 29.9 Å². The Morgan fingerprint density at radius 2 is 1.37 bits per heavy atom. The van der Waals surface area contributed by atoms with Crippen molar-refractivity contribution in [2.75, 3.05) is 12.1 Å². The first kappa shape index (κ1) is 27.1. The van der Waals surface area contributed by atoms with E-state index in [0.29, 0.717) is 12.0 Å². The Balaban J connectivity index is 1.82. The number of ether oxygens (including phenoxy) is 1. The molecule has 0 spiro atoms. The summed E-state index contributed by atoms with van der Waals surface area (Å²) in [7, 11) is 1.37. The van der Waals surface area contributed by atoms with Crippen LogP contribution in [0.3, 0.4) is 0 Å². The summed E-state index contributed by atoms with van der Waals surface area (Å²) < 4.78 is 4.84. The average Bonchev–Trinajstić information content (AvgIpc) is 3.32. The lowest BCUT2D eigenvalue weighted by Gasteiger charge is -2.30. The van der Waals surface area contributed by atoms with E-state index in [2.05, 4.69) is 59.7 Å². The number of carbonyl (C=O) groups is 2. The molecule has 0 radical (unpaired) electrons. The molecule has 1 N–H and O–H groups in total. The lowest BCUT2D eigenvalue weighted by Crippen LogP contribution is -2.22. The van der Waals surface area contributed by atoms with Gasteiger partial charge in [-0.05, 0) is 69.5 Å². The van der Waals surface area contributed by atoms with Crippen molar-refractivity contribution in [3.8, 4) is 0 Å². The molecule has 0 amide bonds. The number of nitrogens with zero attached hydrogens (tertiary/aromatic N) is 2. The summed E-state index contributed by atoms with van der Waals surface area (Å²) in [6.45, 7) is 13.3. The fourth-order valence-electron chi connectivity index (χ4n) is 4.57. The lowest BCUT2D eigenvalue weighted by atomic mass is 9.78. The summed E-state index contributed by atoms with van der Waals surface area (Å²) >= 11 is 0. The molecule has 1 atom stereocenters. The third kappa shape index (κ3) is 5.64. The van der Waals surface area contributed by atoms with Gasteiger partial charge in [-0.25, -0.2) is 9.59 Å². The fraction of sp³-hybridized carbons (Fsp3) is 0.344. The van der Waals surface area contributed by atoms with Crippen LogP contribution < -0.4 is 5.01 Å². The second-order valence-electron chi connectivity index (χ2n) is 11.9. The van der Waals surface area contributed by atoms with Gasteiger partial charge in [0.2, 0.25) is 0 Å². The van der Waals surface area contributed by atoms with Gasteiger partial charge in [0.15, 0.2) is 0 Å². The fourth-order valence-corrected chi connectivity index (χ4v) is 4.57. The molecule has 38 heavy (non-hydrogen) atoms. The molecule has 1 aliphatic heterocycles.